The first-order valence-corrected chi connectivity index (χ1v) is 12.8. The van der Waals surface area contributed by atoms with Gasteiger partial charge in [-0.3, -0.25) is 14.1 Å². The molecule has 1 amide bonds. The summed E-state index contributed by atoms with van der Waals surface area (Å²) in [6, 6.07) is 9.76. The number of phenols is 1. The number of morpholine rings is 1. The average Bonchev–Trinajstić information content (AvgIpc) is 3.38. The van der Waals surface area contributed by atoms with Gasteiger partial charge in [0.05, 0.1) is 24.6 Å². The Morgan fingerprint density at radius 2 is 2.13 bits per heavy atom. The highest BCUT2D eigenvalue weighted by Gasteiger charge is 2.21. The average molecular weight is 534 g/mol. The monoisotopic (exact) mass is 533 g/mol. The molecule has 0 saturated carbocycles. The second-order valence-electron chi connectivity index (χ2n) is 9.69. The van der Waals surface area contributed by atoms with Crippen molar-refractivity contribution in [3.8, 4) is 17.0 Å². The number of nitrogens with one attached hydrogen (secondary N) is 1. The lowest BCUT2D eigenvalue weighted by molar-refractivity contribution is -0.0244. The van der Waals surface area contributed by atoms with Crippen molar-refractivity contribution in [1.29, 1.82) is 0 Å². The Bertz CT molecular complexity index is 1490. The second kappa shape index (κ2) is 11.4. The number of amides is 1. The fourth-order valence-corrected chi connectivity index (χ4v) is 4.73. The number of carbonyl (C=O) groups is 1. The predicted molar refractivity (Wildman–Crippen MR) is 147 cm³/mol. The van der Waals surface area contributed by atoms with Gasteiger partial charge in [0.2, 0.25) is 0 Å². The minimum atomic E-state index is -0.702. The summed E-state index contributed by atoms with van der Waals surface area (Å²) in [6.07, 6.45) is 5.04. The quantitative estimate of drug-likeness (QED) is 0.316. The molecule has 0 spiro atoms. The summed E-state index contributed by atoms with van der Waals surface area (Å²) < 4.78 is 21.3. The number of hydrogen-bond acceptors (Lipinski definition) is 8. The Morgan fingerprint density at radius 1 is 1.28 bits per heavy atom. The second-order valence-corrected chi connectivity index (χ2v) is 9.69. The molecule has 0 bridgehead atoms. The fourth-order valence-electron chi connectivity index (χ4n) is 4.73. The molecule has 4 N–H and O–H groups in total. The van der Waals surface area contributed by atoms with Crippen LogP contribution in [0, 0.1) is 12.7 Å². The minimum Gasteiger partial charge on any atom is -0.505 e. The predicted octanol–water partition coefficient (Wildman–Crippen LogP) is 3.02. The number of aryl methyl sites for hydroxylation is 1. The molecule has 1 aliphatic heterocycles. The van der Waals surface area contributed by atoms with Gasteiger partial charge in [-0.2, -0.15) is 0 Å². The van der Waals surface area contributed by atoms with Gasteiger partial charge in [-0.05, 0) is 48.9 Å². The molecule has 204 valence electrons. The molecule has 5 rings (SSSR count). The van der Waals surface area contributed by atoms with Crippen molar-refractivity contribution >= 4 is 23.1 Å². The van der Waals surface area contributed by atoms with E-state index in [0.717, 1.165) is 30.9 Å². The minimum absolute atomic E-state index is 0.0399. The van der Waals surface area contributed by atoms with Crippen LogP contribution in [0.1, 0.15) is 15.9 Å². The van der Waals surface area contributed by atoms with E-state index < -0.39 is 11.6 Å². The van der Waals surface area contributed by atoms with E-state index in [1.54, 1.807) is 34.0 Å². The Balaban J connectivity index is 1.28. The molecule has 2 aromatic heterocycles. The third-order valence-corrected chi connectivity index (χ3v) is 6.98. The third-order valence-electron chi connectivity index (χ3n) is 6.98. The lowest BCUT2D eigenvalue weighted by Gasteiger charge is -2.33. The first-order chi connectivity index (χ1) is 18.8. The smallest absolute Gasteiger partial charge is 0.253 e. The number of hydrogen-bond donors (Lipinski definition) is 3. The van der Waals surface area contributed by atoms with E-state index in [1.165, 1.54) is 12.1 Å². The molecule has 1 aliphatic rings. The highest BCUT2D eigenvalue weighted by molar-refractivity contribution is 5.96. The zero-order valence-corrected chi connectivity index (χ0v) is 22.0. The number of nitrogens with two attached hydrogens (primary N) is 1. The summed E-state index contributed by atoms with van der Waals surface area (Å²) >= 11 is 0. The van der Waals surface area contributed by atoms with Crippen molar-refractivity contribution in [3.63, 3.8) is 0 Å². The maximum Gasteiger partial charge on any atom is 0.253 e. The summed E-state index contributed by atoms with van der Waals surface area (Å²) in [5.41, 5.74) is 9.75. The Labute approximate surface area is 225 Å². The third kappa shape index (κ3) is 5.70. The Morgan fingerprint density at radius 3 is 2.90 bits per heavy atom. The summed E-state index contributed by atoms with van der Waals surface area (Å²) in [5, 5.41) is 12.8. The topological polar surface area (TPSA) is 121 Å². The Hall–Kier alpha value is -4.06. The van der Waals surface area contributed by atoms with Gasteiger partial charge < -0.3 is 25.8 Å². The van der Waals surface area contributed by atoms with Gasteiger partial charge >= 0.3 is 0 Å². The molecule has 1 saturated heterocycles. The molecule has 0 radical (unpaired) electrons. The number of rotatable bonds is 8. The number of phenolic OH excluding ortho intramolecular Hbond substituents is 1. The molecule has 11 heteroatoms. The van der Waals surface area contributed by atoms with Crippen LogP contribution >= 0.6 is 0 Å². The maximum atomic E-state index is 13.9. The SMILES string of the molecule is Cc1cc(Nc2nccn3c(-c4ccc(O)c(F)c4)cnc23)ccc1C(=O)N(C)CCN1CCOC(CN)C1. The van der Waals surface area contributed by atoms with E-state index in [9.17, 15) is 14.3 Å². The van der Waals surface area contributed by atoms with E-state index in [0.29, 0.717) is 48.0 Å². The summed E-state index contributed by atoms with van der Waals surface area (Å²) in [7, 11) is 1.81. The highest BCUT2D eigenvalue weighted by Crippen LogP contribution is 2.28. The zero-order chi connectivity index (χ0) is 27.5. The highest BCUT2D eigenvalue weighted by atomic mass is 19.1. The van der Waals surface area contributed by atoms with Crippen molar-refractivity contribution in [2.75, 3.05) is 51.7 Å². The van der Waals surface area contributed by atoms with Gasteiger partial charge in [-0.25, -0.2) is 14.4 Å². The first-order valence-electron chi connectivity index (χ1n) is 12.8. The summed E-state index contributed by atoms with van der Waals surface area (Å²) in [6.45, 7) is 6.04. The zero-order valence-electron chi connectivity index (χ0n) is 22.0. The van der Waals surface area contributed by atoms with E-state index in [4.69, 9.17) is 10.5 Å². The normalized spacial score (nSPS) is 15.9. The lowest BCUT2D eigenvalue weighted by atomic mass is 10.1. The van der Waals surface area contributed by atoms with Gasteiger partial charge in [0.1, 0.15) is 0 Å². The molecule has 10 nitrogen and oxygen atoms in total. The molecule has 3 heterocycles. The number of likely N-dealkylation sites (N-methyl/N-ethyl adjacent to an activating group) is 1. The molecule has 1 atom stereocenters. The van der Waals surface area contributed by atoms with Crippen molar-refractivity contribution in [1.82, 2.24) is 24.2 Å². The van der Waals surface area contributed by atoms with Crippen molar-refractivity contribution in [2.45, 2.75) is 13.0 Å². The molecule has 1 fully saturated rings. The van der Waals surface area contributed by atoms with Crippen LogP contribution in [-0.2, 0) is 4.74 Å². The van der Waals surface area contributed by atoms with Crippen LogP contribution in [0.2, 0.25) is 0 Å². The van der Waals surface area contributed by atoms with Gasteiger partial charge in [-0.1, -0.05) is 0 Å². The number of benzene rings is 2. The van der Waals surface area contributed by atoms with E-state index >= 15 is 0 Å². The van der Waals surface area contributed by atoms with Crippen LogP contribution in [0.25, 0.3) is 16.9 Å². The van der Waals surface area contributed by atoms with Crippen LogP contribution in [0.4, 0.5) is 15.9 Å². The number of imidazole rings is 1. The summed E-state index contributed by atoms with van der Waals surface area (Å²) in [5.74, 6) is -0.633. The van der Waals surface area contributed by atoms with Crippen molar-refractivity contribution in [3.05, 3.63) is 71.9 Å². The van der Waals surface area contributed by atoms with Gasteiger partial charge in [0, 0.05) is 69.0 Å². The van der Waals surface area contributed by atoms with Crippen molar-refractivity contribution in [2.24, 2.45) is 5.73 Å². The number of fused-ring (bicyclic) bond motifs is 1. The number of nitrogens with zero attached hydrogens (tertiary/aromatic N) is 5. The number of aromatic hydroxyl groups is 1. The van der Waals surface area contributed by atoms with Gasteiger partial charge in [0.15, 0.2) is 23.0 Å². The molecular weight excluding hydrogens is 501 g/mol. The van der Waals surface area contributed by atoms with E-state index in [1.807, 2.05) is 32.2 Å². The largest absolute Gasteiger partial charge is 0.505 e. The molecular formula is C28H32FN7O3. The first kappa shape index (κ1) is 26.5. The lowest BCUT2D eigenvalue weighted by Crippen LogP contribution is -2.48. The number of carbonyl (C=O) groups excluding carboxylic acids is 1. The number of ether oxygens (including phenoxy) is 1. The van der Waals surface area contributed by atoms with Crippen LogP contribution in [0.3, 0.4) is 0 Å². The van der Waals surface area contributed by atoms with E-state index in [2.05, 4.69) is 20.2 Å². The van der Waals surface area contributed by atoms with Crippen LogP contribution in [-0.4, -0.2) is 87.7 Å². The van der Waals surface area contributed by atoms with Crippen molar-refractivity contribution < 1.29 is 19.0 Å². The number of aromatic nitrogens is 3. The van der Waals surface area contributed by atoms with Crippen LogP contribution < -0.4 is 11.1 Å². The standard InChI is InChI=1S/C28H32FN7O3/c1-18-13-20(4-5-22(18)28(38)34(2)9-10-35-11-12-39-21(15-30)17-35)33-26-27-32-16-24(36(27)8-7-31-26)19-3-6-25(37)23(29)14-19/h3-8,13-14,16,21,37H,9-12,15,17,30H2,1-2H3,(H,31,33). The Kier molecular flexibility index (Phi) is 7.73. The molecule has 1 unspecified atom stereocenters. The summed E-state index contributed by atoms with van der Waals surface area (Å²) in [4.78, 5) is 26.1. The molecule has 4 aromatic rings. The van der Waals surface area contributed by atoms with E-state index in [-0.39, 0.29) is 12.0 Å². The molecule has 2 aromatic carbocycles. The molecule has 0 aliphatic carbocycles. The molecule has 39 heavy (non-hydrogen) atoms. The number of anilines is 2. The maximum absolute atomic E-state index is 13.9. The number of halogens is 1. The fraction of sp³-hybridized carbons (Fsp3) is 0.321. The van der Waals surface area contributed by atoms with Crippen LogP contribution in [0.15, 0.2) is 55.0 Å². The van der Waals surface area contributed by atoms with Gasteiger partial charge in [0.25, 0.3) is 5.91 Å². The van der Waals surface area contributed by atoms with Crippen LogP contribution in [0.5, 0.6) is 5.75 Å². The van der Waals surface area contributed by atoms with Gasteiger partial charge in [-0.15, -0.1) is 0 Å².